The lowest BCUT2D eigenvalue weighted by molar-refractivity contribution is -0.123. The van der Waals surface area contributed by atoms with E-state index in [1.807, 2.05) is 35.8 Å². The van der Waals surface area contributed by atoms with Gasteiger partial charge in [0.2, 0.25) is 0 Å². The molecule has 1 amide bonds. The number of hydrogen-bond donors (Lipinski definition) is 2. The van der Waals surface area contributed by atoms with Crippen molar-refractivity contribution in [2.24, 2.45) is 5.84 Å². The van der Waals surface area contributed by atoms with Gasteiger partial charge in [-0.25, -0.2) is 10.6 Å². The fourth-order valence-corrected chi connectivity index (χ4v) is 2.28. The van der Waals surface area contributed by atoms with Crippen molar-refractivity contribution in [3.63, 3.8) is 0 Å². The fraction of sp³-hybridized carbons (Fsp3) is 0.0588. The van der Waals surface area contributed by atoms with Gasteiger partial charge < -0.3 is 9.15 Å². The fourth-order valence-electron chi connectivity index (χ4n) is 2.28. The van der Waals surface area contributed by atoms with E-state index in [1.54, 1.807) is 18.2 Å². The lowest BCUT2D eigenvalue weighted by Crippen LogP contribution is -2.34. The molecule has 3 aromatic rings. The molecule has 1 heterocycles. The first-order chi connectivity index (χ1) is 11.2. The minimum absolute atomic E-state index is 0.218. The Balaban J connectivity index is 2.04. The second-order valence-electron chi connectivity index (χ2n) is 4.86. The van der Waals surface area contributed by atoms with Crippen molar-refractivity contribution < 1.29 is 13.9 Å². The summed E-state index contributed by atoms with van der Waals surface area (Å²) < 4.78 is 10.5. The van der Waals surface area contributed by atoms with Crippen LogP contribution in [0.2, 0.25) is 0 Å². The third-order valence-corrected chi connectivity index (χ3v) is 3.33. The molecule has 1 aromatic heterocycles. The molecule has 3 N–H and O–H groups in total. The Morgan fingerprint density at radius 2 is 1.91 bits per heavy atom. The maximum absolute atomic E-state index is 11.8. The molecule has 0 saturated carbocycles. The number of rotatable bonds is 4. The van der Waals surface area contributed by atoms with Crippen molar-refractivity contribution >= 4 is 16.9 Å². The van der Waals surface area contributed by atoms with E-state index >= 15 is 0 Å². The molecule has 0 aliphatic rings. The Morgan fingerprint density at radius 3 is 2.65 bits per heavy atom. The Bertz CT molecular complexity index is 903. The molecule has 0 saturated heterocycles. The van der Waals surface area contributed by atoms with Crippen LogP contribution in [0.25, 0.3) is 22.1 Å². The van der Waals surface area contributed by atoms with Crippen LogP contribution in [0.1, 0.15) is 0 Å². The molecule has 0 unspecified atom stereocenters. The van der Waals surface area contributed by atoms with E-state index in [0.717, 1.165) is 16.5 Å². The molecule has 6 heteroatoms. The van der Waals surface area contributed by atoms with Gasteiger partial charge in [0.25, 0.3) is 5.91 Å². The van der Waals surface area contributed by atoms with Gasteiger partial charge in [0.15, 0.2) is 6.61 Å². The highest BCUT2D eigenvalue weighted by Crippen LogP contribution is 2.29. The minimum atomic E-state index is -0.454. The monoisotopic (exact) mass is 310 g/mol. The largest absolute Gasteiger partial charge is 0.484 e. The predicted molar refractivity (Wildman–Crippen MR) is 85.7 cm³/mol. The van der Waals surface area contributed by atoms with Gasteiger partial charge in [-0.3, -0.25) is 10.2 Å². The van der Waals surface area contributed by atoms with E-state index in [0.29, 0.717) is 11.3 Å². The summed E-state index contributed by atoms with van der Waals surface area (Å²) in [6.45, 7) is -0.218. The molecular formula is C17H14N2O4. The average Bonchev–Trinajstić information content (AvgIpc) is 2.59. The number of amides is 1. The van der Waals surface area contributed by atoms with Crippen LogP contribution in [0.15, 0.2) is 63.8 Å². The molecular weight excluding hydrogens is 296 g/mol. The molecule has 0 fully saturated rings. The maximum Gasteiger partial charge on any atom is 0.336 e. The molecule has 2 aromatic carbocycles. The summed E-state index contributed by atoms with van der Waals surface area (Å²) in [6, 6.07) is 16.1. The highest BCUT2D eigenvalue weighted by molar-refractivity contribution is 5.93. The van der Waals surface area contributed by atoms with E-state index in [-0.39, 0.29) is 6.61 Å². The quantitative estimate of drug-likeness (QED) is 0.332. The summed E-state index contributed by atoms with van der Waals surface area (Å²) in [5.74, 6) is 4.95. The number of carbonyl (C=O) groups excluding carboxylic acids is 1. The molecule has 0 spiro atoms. The Kier molecular flexibility index (Phi) is 4.07. The Labute approximate surface area is 131 Å². The van der Waals surface area contributed by atoms with Crippen LogP contribution in [0, 0.1) is 0 Å². The molecule has 0 atom stereocenters. The topological polar surface area (TPSA) is 94.6 Å². The molecule has 0 bridgehead atoms. The molecule has 0 radical (unpaired) electrons. The second kappa shape index (κ2) is 6.33. The van der Waals surface area contributed by atoms with Crippen LogP contribution < -0.4 is 21.6 Å². The zero-order chi connectivity index (χ0) is 16.2. The van der Waals surface area contributed by atoms with Crippen LogP contribution in [0.4, 0.5) is 0 Å². The predicted octanol–water partition coefficient (Wildman–Crippen LogP) is 1.83. The normalized spacial score (nSPS) is 10.5. The van der Waals surface area contributed by atoms with E-state index in [4.69, 9.17) is 15.0 Å². The van der Waals surface area contributed by atoms with Crippen LogP contribution in [0.3, 0.4) is 0 Å². The van der Waals surface area contributed by atoms with Gasteiger partial charge in [0, 0.05) is 17.5 Å². The number of nitrogens with two attached hydrogens (primary N) is 1. The van der Waals surface area contributed by atoms with Crippen LogP contribution >= 0.6 is 0 Å². The summed E-state index contributed by atoms with van der Waals surface area (Å²) in [6.07, 6.45) is 0. The zero-order valence-corrected chi connectivity index (χ0v) is 12.1. The van der Waals surface area contributed by atoms with Gasteiger partial charge in [-0.15, -0.1) is 0 Å². The number of ether oxygens (including phenoxy) is 1. The number of nitrogens with one attached hydrogen (secondary N) is 1. The molecule has 116 valence electrons. The zero-order valence-electron chi connectivity index (χ0n) is 12.1. The summed E-state index contributed by atoms with van der Waals surface area (Å²) in [5.41, 5.74) is 3.61. The molecule has 3 rings (SSSR count). The number of fused-ring (bicyclic) bond motifs is 1. The Hall–Kier alpha value is -3.12. The first kappa shape index (κ1) is 14.8. The molecule has 23 heavy (non-hydrogen) atoms. The van der Waals surface area contributed by atoms with E-state index < -0.39 is 11.5 Å². The SMILES string of the molecule is NNC(=O)COc1ccc2c(-c3ccccc3)cc(=O)oc2c1. The first-order valence-electron chi connectivity index (χ1n) is 6.93. The van der Waals surface area contributed by atoms with Crippen molar-refractivity contribution in [2.45, 2.75) is 0 Å². The van der Waals surface area contributed by atoms with Gasteiger partial charge in [-0.05, 0) is 23.3 Å². The number of hydrazine groups is 1. The van der Waals surface area contributed by atoms with Crippen LogP contribution in [-0.2, 0) is 4.79 Å². The number of benzene rings is 2. The van der Waals surface area contributed by atoms with Crippen molar-refractivity contribution in [1.29, 1.82) is 0 Å². The van der Waals surface area contributed by atoms with Gasteiger partial charge in [-0.2, -0.15) is 0 Å². The van der Waals surface area contributed by atoms with Crippen molar-refractivity contribution in [3.8, 4) is 16.9 Å². The Morgan fingerprint density at radius 1 is 1.13 bits per heavy atom. The van der Waals surface area contributed by atoms with Crippen molar-refractivity contribution in [1.82, 2.24) is 5.43 Å². The highest BCUT2D eigenvalue weighted by Gasteiger charge is 2.09. The molecule has 0 aliphatic heterocycles. The lowest BCUT2D eigenvalue weighted by Gasteiger charge is -2.08. The third-order valence-electron chi connectivity index (χ3n) is 3.33. The van der Waals surface area contributed by atoms with Gasteiger partial charge in [-0.1, -0.05) is 30.3 Å². The standard InChI is InChI=1S/C17H14N2O4/c18-19-16(20)10-22-12-6-7-13-14(11-4-2-1-3-5-11)9-17(21)23-15(13)8-12/h1-9H,10,18H2,(H,19,20). The summed E-state index contributed by atoms with van der Waals surface area (Å²) in [4.78, 5) is 22.9. The van der Waals surface area contributed by atoms with Gasteiger partial charge in [0.05, 0.1) is 0 Å². The van der Waals surface area contributed by atoms with E-state index in [2.05, 4.69) is 0 Å². The first-order valence-corrected chi connectivity index (χ1v) is 6.93. The van der Waals surface area contributed by atoms with E-state index in [9.17, 15) is 9.59 Å². The maximum atomic E-state index is 11.8. The second-order valence-corrected chi connectivity index (χ2v) is 4.86. The minimum Gasteiger partial charge on any atom is -0.484 e. The van der Waals surface area contributed by atoms with E-state index in [1.165, 1.54) is 6.07 Å². The summed E-state index contributed by atoms with van der Waals surface area (Å²) in [7, 11) is 0. The van der Waals surface area contributed by atoms with Gasteiger partial charge in [0.1, 0.15) is 11.3 Å². The lowest BCUT2D eigenvalue weighted by atomic mass is 10.0. The highest BCUT2D eigenvalue weighted by atomic mass is 16.5. The molecule has 0 aliphatic carbocycles. The summed E-state index contributed by atoms with van der Waals surface area (Å²) >= 11 is 0. The summed E-state index contributed by atoms with van der Waals surface area (Å²) in [5, 5.41) is 0.784. The molecule has 6 nitrogen and oxygen atoms in total. The number of hydrogen-bond acceptors (Lipinski definition) is 5. The van der Waals surface area contributed by atoms with Crippen LogP contribution in [0.5, 0.6) is 5.75 Å². The van der Waals surface area contributed by atoms with Crippen molar-refractivity contribution in [2.75, 3.05) is 6.61 Å². The third kappa shape index (κ3) is 3.22. The van der Waals surface area contributed by atoms with Crippen molar-refractivity contribution in [3.05, 3.63) is 65.0 Å². The van der Waals surface area contributed by atoms with Gasteiger partial charge >= 0.3 is 5.63 Å². The van der Waals surface area contributed by atoms with Crippen LogP contribution in [-0.4, -0.2) is 12.5 Å². The average molecular weight is 310 g/mol. The smallest absolute Gasteiger partial charge is 0.336 e. The number of carbonyl (C=O) groups is 1.